The Balaban J connectivity index is 2.73. The summed E-state index contributed by atoms with van der Waals surface area (Å²) in [7, 11) is -3.32. The average Bonchev–Trinajstić information content (AvgIpc) is 2.03. The molecule has 0 aliphatic carbocycles. The quantitative estimate of drug-likeness (QED) is 0.725. The van der Waals surface area contributed by atoms with Gasteiger partial charge in [-0.2, -0.15) is 0 Å². The molecule has 0 bridgehead atoms. The summed E-state index contributed by atoms with van der Waals surface area (Å²) in [5.41, 5.74) is 0. The van der Waals surface area contributed by atoms with Crippen LogP contribution in [0.5, 0.6) is 0 Å². The van der Waals surface area contributed by atoms with Gasteiger partial charge in [-0.3, -0.25) is 0 Å². The van der Waals surface area contributed by atoms with Crippen LogP contribution in [0.25, 0.3) is 0 Å². The van der Waals surface area contributed by atoms with Gasteiger partial charge in [0, 0.05) is 5.92 Å². The van der Waals surface area contributed by atoms with Crippen molar-refractivity contribution in [2.75, 3.05) is 18.1 Å². The normalized spacial score (nSPS) is 28.7. The summed E-state index contributed by atoms with van der Waals surface area (Å²) >= 11 is 0. The van der Waals surface area contributed by atoms with E-state index in [0.29, 0.717) is 0 Å². The first-order valence-corrected chi connectivity index (χ1v) is 5.88. The van der Waals surface area contributed by atoms with E-state index in [2.05, 4.69) is 0 Å². The van der Waals surface area contributed by atoms with Crippen LogP contribution in [0.2, 0.25) is 0 Å². The SMILES string of the molecule is O=S1(=O)CCCC(C(F)(F)CO)C1. The lowest BCUT2D eigenvalue weighted by molar-refractivity contribution is -0.0939. The van der Waals surface area contributed by atoms with Crippen molar-refractivity contribution in [2.24, 2.45) is 5.92 Å². The Labute approximate surface area is 75.7 Å². The number of rotatable bonds is 2. The van der Waals surface area contributed by atoms with Crippen LogP contribution in [0, 0.1) is 5.92 Å². The van der Waals surface area contributed by atoms with Crippen LogP contribution in [-0.2, 0) is 9.84 Å². The van der Waals surface area contributed by atoms with Gasteiger partial charge in [0.25, 0.3) is 5.92 Å². The summed E-state index contributed by atoms with van der Waals surface area (Å²) in [6.45, 7) is -1.27. The maximum atomic E-state index is 12.9. The maximum Gasteiger partial charge on any atom is 0.274 e. The van der Waals surface area contributed by atoms with E-state index in [1.165, 1.54) is 0 Å². The van der Waals surface area contributed by atoms with Crippen LogP contribution in [-0.4, -0.2) is 37.6 Å². The van der Waals surface area contributed by atoms with Crippen LogP contribution >= 0.6 is 0 Å². The zero-order valence-corrected chi connectivity index (χ0v) is 7.86. The van der Waals surface area contributed by atoms with Crippen molar-refractivity contribution >= 4 is 9.84 Å². The molecule has 78 valence electrons. The summed E-state index contributed by atoms with van der Waals surface area (Å²) in [5.74, 6) is -4.98. The van der Waals surface area contributed by atoms with Crippen LogP contribution < -0.4 is 0 Å². The van der Waals surface area contributed by atoms with E-state index in [-0.39, 0.29) is 18.6 Å². The lowest BCUT2D eigenvalue weighted by Crippen LogP contribution is -2.40. The third-order valence-electron chi connectivity index (χ3n) is 2.27. The number of aliphatic hydroxyl groups excluding tert-OH is 1. The van der Waals surface area contributed by atoms with Gasteiger partial charge in [0.1, 0.15) is 6.61 Å². The van der Waals surface area contributed by atoms with E-state index in [4.69, 9.17) is 5.11 Å². The Morgan fingerprint density at radius 2 is 2.08 bits per heavy atom. The van der Waals surface area contributed by atoms with E-state index < -0.39 is 34.0 Å². The van der Waals surface area contributed by atoms with Crippen molar-refractivity contribution < 1.29 is 22.3 Å². The molecule has 1 atom stereocenters. The molecule has 1 rings (SSSR count). The van der Waals surface area contributed by atoms with Gasteiger partial charge < -0.3 is 5.11 Å². The first kappa shape index (κ1) is 10.8. The number of halogens is 2. The fourth-order valence-corrected chi connectivity index (χ4v) is 3.28. The van der Waals surface area contributed by atoms with Crippen molar-refractivity contribution in [2.45, 2.75) is 18.8 Å². The lowest BCUT2D eigenvalue weighted by Gasteiger charge is -2.28. The second kappa shape index (κ2) is 3.49. The van der Waals surface area contributed by atoms with Gasteiger partial charge >= 0.3 is 0 Å². The molecule has 0 aromatic heterocycles. The molecular formula is C7H12F2O3S. The number of aliphatic hydroxyl groups is 1. The molecule has 0 radical (unpaired) electrons. The van der Waals surface area contributed by atoms with Crippen molar-refractivity contribution in [3.05, 3.63) is 0 Å². The maximum absolute atomic E-state index is 12.9. The van der Waals surface area contributed by atoms with Crippen molar-refractivity contribution in [1.29, 1.82) is 0 Å². The zero-order chi connectivity index (χ0) is 10.1. The highest BCUT2D eigenvalue weighted by atomic mass is 32.2. The van der Waals surface area contributed by atoms with E-state index in [1.54, 1.807) is 0 Å². The molecule has 1 aliphatic heterocycles. The summed E-state index contributed by atoms with van der Waals surface area (Å²) < 4.78 is 47.8. The van der Waals surface area contributed by atoms with Gasteiger partial charge in [-0.15, -0.1) is 0 Å². The van der Waals surface area contributed by atoms with E-state index in [1.807, 2.05) is 0 Å². The monoisotopic (exact) mass is 214 g/mol. The highest BCUT2D eigenvalue weighted by Crippen LogP contribution is 2.32. The lowest BCUT2D eigenvalue weighted by atomic mass is 9.98. The van der Waals surface area contributed by atoms with E-state index in [0.717, 1.165) is 0 Å². The fraction of sp³-hybridized carbons (Fsp3) is 1.00. The fourth-order valence-electron chi connectivity index (χ4n) is 1.49. The topological polar surface area (TPSA) is 54.4 Å². The molecule has 1 fully saturated rings. The third kappa shape index (κ3) is 2.60. The molecule has 13 heavy (non-hydrogen) atoms. The minimum absolute atomic E-state index is 0.00892. The third-order valence-corrected chi connectivity index (χ3v) is 4.09. The molecule has 1 unspecified atom stereocenters. The first-order chi connectivity index (χ1) is 5.87. The zero-order valence-electron chi connectivity index (χ0n) is 7.04. The number of hydrogen-bond donors (Lipinski definition) is 1. The molecular weight excluding hydrogens is 202 g/mol. The van der Waals surface area contributed by atoms with E-state index in [9.17, 15) is 17.2 Å². The number of sulfone groups is 1. The van der Waals surface area contributed by atoms with Crippen LogP contribution in [0.4, 0.5) is 8.78 Å². The second-order valence-electron chi connectivity index (χ2n) is 3.37. The minimum Gasteiger partial charge on any atom is -0.390 e. The molecule has 1 heterocycles. The highest BCUT2D eigenvalue weighted by molar-refractivity contribution is 7.91. The van der Waals surface area contributed by atoms with Crippen LogP contribution in [0.15, 0.2) is 0 Å². The summed E-state index contributed by atoms with van der Waals surface area (Å²) in [6.07, 6.45) is 0.440. The highest BCUT2D eigenvalue weighted by Gasteiger charge is 2.43. The average molecular weight is 214 g/mol. The molecule has 0 aromatic rings. The van der Waals surface area contributed by atoms with Crippen molar-refractivity contribution in [1.82, 2.24) is 0 Å². The van der Waals surface area contributed by atoms with E-state index >= 15 is 0 Å². The van der Waals surface area contributed by atoms with Crippen LogP contribution in [0.3, 0.4) is 0 Å². The Bertz CT molecular complexity index is 273. The Kier molecular flexibility index (Phi) is 2.91. The second-order valence-corrected chi connectivity index (χ2v) is 5.60. The Morgan fingerprint density at radius 3 is 2.54 bits per heavy atom. The van der Waals surface area contributed by atoms with Gasteiger partial charge in [0.15, 0.2) is 9.84 Å². The largest absolute Gasteiger partial charge is 0.390 e. The summed E-state index contributed by atoms with van der Waals surface area (Å²) in [4.78, 5) is 0. The van der Waals surface area contributed by atoms with Crippen molar-refractivity contribution in [3.63, 3.8) is 0 Å². The first-order valence-electron chi connectivity index (χ1n) is 4.06. The molecule has 3 nitrogen and oxygen atoms in total. The Hall–Kier alpha value is -0.230. The van der Waals surface area contributed by atoms with Gasteiger partial charge in [0.05, 0.1) is 11.5 Å². The van der Waals surface area contributed by atoms with Crippen molar-refractivity contribution in [3.8, 4) is 0 Å². The molecule has 0 spiro atoms. The summed E-state index contributed by atoms with van der Waals surface area (Å²) in [5, 5.41) is 8.37. The molecule has 1 saturated heterocycles. The predicted molar refractivity (Wildman–Crippen MR) is 43.4 cm³/mol. The molecule has 1 N–H and O–H groups in total. The summed E-state index contributed by atoms with van der Waals surface area (Å²) in [6, 6.07) is 0. The molecule has 0 aromatic carbocycles. The molecule has 0 saturated carbocycles. The molecule has 0 amide bonds. The molecule has 6 heteroatoms. The van der Waals surface area contributed by atoms with Gasteiger partial charge in [0.2, 0.25) is 0 Å². The standard InChI is InChI=1S/C7H12F2O3S/c8-7(9,5-10)6-2-1-3-13(11,12)4-6/h6,10H,1-5H2. The van der Waals surface area contributed by atoms with Gasteiger partial charge in [-0.25, -0.2) is 17.2 Å². The van der Waals surface area contributed by atoms with Gasteiger partial charge in [-0.1, -0.05) is 0 Å². The number of hydrogen-bond acceptors (Lipinski definition) is 3. The Morgan fingerprint density at radius 1 is 1.46 bits per heavy atom. The van der Waals surface area contributed by atoms with Crippen LogP contribution in [0.1, 0.15) is 12.8 Å². The predicted octanol–water partition coefficient (Wildman–Crippen LogP) is 0.439. The molecule has 1 aliphatic rings. The smallest absolute Gasteiger partial charge is 0.274 e. The number of alkyl halides is 2. The van der Waals surface area contributed by atoms with Gasteiger partial charge in [-0.05, 0) is 12.8 Å². The minimum atomic E-state index is -3.32.